The fraction of sp³-hybridized carbons (Fsp3) is 0.242. The van der Waals surface area contributed by atoms with Gasteiger partial charge in [0, 0.05) is 30.7 Å². The quantitative estimate of drug-likeness (QED) is 0.234. The van der Waals surface area contributed by atoms with Crippen LogP contribution in [0.4, 0.5) is 13.2 Å². The zero-order chi connectivity index (χ0) is 31.2. The standard InChI is InChI=1S/C29H22F3N3O3.C4H8O2/c1-16-6-7-18(21(30)10-16)15-38-28-5-3-4-24(34-28)20-14-22(31)19(11-23(20)32)13-27-33-25-9-8-17(29(36)37)12-26(25)35(27)2;1-2-6-4-3-5-1/h3-12,14H,13,15H2,1-2H3,(H,36,37);1-4H2. The van der Waals surface area contributed by atoms with Crippen molar-refractivity contribution in [3.8, 4) is 17.1 Å². The molecule has 0 radical (unpaired) electrons. The lowest BCUT2D eigenvalue weighted by atomic mass is 10.0. The number of carboxylic acids is 1. The average molecular weight is 606 g/mol. The lowest BCUT2D eigenvalue weighted by Crippen LogP contribution is -2.16. The van der Waals surface area contributed by atoms with Gasteiger partial charge in [0.25, 0.3) is 0 Å². The van der Waals surface area contributed by atoms with E-state index < -0.39 is 23.4 Å². The third-order valence-electron chi connectivity index (χ3n) is 7.03. The topological polar surface area (TPSA) is 95.7 Å². The lowest BCUT2D eigenvalue weighted by molar-refractivity contribution is -0.0334. The highest BCUT2D eigenvalue weighted by Gasteiger charge is 2.17. The Morgan fingerprint density at radius 1 is 0.886 bits per heavy atom. The number of hydrogen-bond acceptors (Lipinski definition) is 6. The Kier molecular flexibility index (Phi) is 9.56. The second-order valence-corrected chi connectivity index (χ2v) is 10.2. The van der Waals surface area contributed by atoms with Gasteiger partial charge < -0.3 is 23.9 Å². The Hall–Kier alpha value is -4.74. The van der Waals surface area contributed by atoms with Crippen LogP contribution in [-0.2, 0) is 29.5 Å². The van der Waals surface area contributed by atoms with E-state index in [1.54, 1.807) is 48.9 Å². The van der Waals surface area contributed by atoms with E-state index in [1.807, 2.05) is 0 Å². The van der Waals surface area contributed by atoms with Crippen molar-refractivity contribution in [1.29, 1.82) is 0 Å². The van der Waals surface area contributed by atoms with Gasteiger partial charge in [-0.25, -0.2) is 27.9 Å². The maximum Gasteiger partial charge on any atom is 0.335 e. The zero-order valence-electron chi connectivity index (χ0n) is 24.1. The molecule has 0 spiro atoms. The molecular weight excluding hydrogens is 575 g/mol. The number of fused-ring (bicyclic) bond motifs is 1. The molecule has 5 aromatic rings. The summed E-state index contributed by atoms with van der Waals surface area (Å²) >= 11 is 0. The van der Waals surface area contributed by atoms with Crippen molar-refractivity contribution in [1.82, 2.24) is 14.5 Å². The first-order valence-electron chi connectivity index (χ1n) is 13.9. The summed E-state index contributed by atoms with van der Waals surface area (Å²) in [6.45, 7) is 4.83. The largest absolute Gasteiger partial charge is 0.478 e. The number of ether oxygens (including phenoxy) is 3. The first kappa shape index (κ1) is 30.7. The summed E-state index contributed by atoms with van der Waals surface area (Å²) in [5.74, 6) is -2.19. The molecular formula is C33H30F3N3O5. The van der Waals surface area contributed by atoms with Gasteiger partial charge in [0.2, 0.25) is 5.88 Å². The Balaban J connectivity index is 0.000000573. The Morgan fingerprint density at radius 2 is 1.61 bits per heavy atom. The SMILES string of the molecule is C1COCCO1.Cc1ccc(COc2cccc(-c3cc(F)c(Cc4nc5ccc(C(=O)O)cc5n4C)cc3F)n2)c(F)c1. The normalized spacial score (nSPS) is 12.9. The number of aryl methyl sites for hydroxylation is 2. The minimum absolute atomic E-state index is 0.00465. The molecule has 3 aromatic carbocycles. The number of carboxylic acid groups (broad SMARTS) is 1. The van der Waals surface area contributed by atoms with E-state index in [-0.39, 0.29) is 41.3 Å². The van der Waals surface area contributed by atoms with Crippen molar-refractivity contribution < 1.29 is 37.3 Å². The van der Waals surface area contributed by atoms with Crippen molar-refractivity contribution >= 4 is 17.0 Å². The molecule has 0 amide bonds. The first-order chi connectivity index (χ1) is 21.2. The highest BCUT2D eigenvalue weighted by molar-refractivity contribution is 5.92. The van der Waals surface area contributed by atoms with Gasteiger partial charge in [-0.1, -0.05) is 18.2 Å². The van der Waals surface area contributed by atoms with Gasteiger partial charge in [-0.3, -0.25) is 0 Å². The molecule has 1 saturated heterocycles. The van der Waals surface area contributed by atoms with Gasteiger partial charge in [-0.2, -0.15) is 0 Å². The highest BCUT2D eigenvalue weighted by atomic mass is 19.1. The molecule has 3 heterocycles. The number of aromatic nitrogens is 3. The molecule has 6 rings (SSSR count). The van der Waals surface area contributed by atoms with Gasteiger partial charge >= 0.3 is 5.97 Å². The molecule has 0 bridgehead atoms. The summed E-state index contributed by atoms with van der Waals surface area (Å²) in [7, 11) is 1.69. The summed E-state index contributed by atoms with van der Waals surface area (Å²) in [4.78, 5) is 20.0. The molecule has 1 aliphatic rings. The molecule has 8 nitrogen and oxygen atoms in total. The number of benzene rings is 3. The van der Waals surface area contributed by atoms with Crippen molar-refractivity contribution in [2.75, 3.05) is 26.4 Å². The summed E-state index contributed by atoms with van der Waals surface area (Å²) in [5.41, 5.74) is 2.58. The zero-order valence-corrected chi connectivity index (χ0v) is 24.1. The van der Waals surface area contributed by atoms with Crippen LogP contribution in [-0.4, -0.2) is 52.0 Å². The van der Waals surface area contributed by atoms with E-state index in [0.29, 0.717) is 22.4 Å². The first-order valence-corrected chi connectivity index (χ1v) is 13.9. The maximum absolute atomic E-state index is 15.1. The van der Waals surface area contributed by atoms with Crippen molar-refractivity contribution in [3.63, 3.8) is 0 Å². The van der Waals surface area contributed by atoms with Gasteiger partial charge in [-0.15, -0.1) is 0 Å². The van der Waals surface area contributed by atoms with Gasteiger partial charge in [0.15, 0.2) is 0 Å². The number of hydrogen-bond donors (Lipinski definition) is 1. The van der Waals surface area contributed by atoms with Crippen LogP contribution < -0.4 is 4.74 Å². The molecule has 44 heavy (non-hydrogen) atoms. The summed E-state index contributed by atoms with van der Waals surface area (Å²) in [5, 5.41) is 9.23. The number of halogens is 3. The second-order valence-electron chi connectivity index (χ2n) is 10.2. The van der Waals surface area contributed by atoms with Crippen molar-refractivity contribution in [2.45, 2.75) is 20.0 Å². The Morgan fingerprint density at radius 3 is 2.30 bits per heavy atom. The number of pyridine rings is 1. The van der Waals surface area contributed by atoms with E-state index in [1.165, 1.54) is 24.3 Å². The van der Waals surface area contributed by atoms with Gasteiger partial charge in [-0.05, 0) is 60.5 Å². The summed E-state index contributed by atoms with van der Waals surface area (Å²) < 4.78 is 61.5. The molecule has 1 aliphatic heterocycles. The second kappa shape index (κ2) is 13.7. The molecule has 0 unspecified atom stereocenters. The molecule has 0 atom stereocenters. The smallest absolute Gasteiger partial charge is 0.335 e. The van der Waals surface area contributed by atoms with Crippen LogP contribution >= 0.6 is 0 Å². The summed E-state index contributed by atoms with van der Waals surface area (Å²) in [6.07, 6.45) is -0.00465. The predicted molar refractivity (Wildman–Crippen MR) is 157 cm³/mol. The lowest BCUT2D eigenvalue weighted by Gasteiger charge is -2.11. The number of rotatable bonds is 7. The highest BCUT2D eigenvalue weighted by Crippen LogP contribution is 2.28. The van der Waals surface area contributed by atoms with Crippen LogP contribution in [0.5, 0.6) is 5.88 Å². The van der Waals surface area contributed by atoms with Gasteiger partial charge in [0.1, 0.15) is 29.9 Å². The van der Waals surface area contributed by atoms with Crippen LogP contribution in [0.3, 0.4) is 0 Å². The van der Waals surface area contributed by atoms with Crippen LogP contribution in [0.2, 0.25) is 0 Å². The number of imidazole rings is 1. The molecule has 228 valence electrons. The number of carbonyl (C=O) groups is 1. The molecule has 11 heteroatoms. The molecule has 2 aromatic heterocycles. The molecule has 0 aliphatic carbocycles. The third kappa shape index (κ3) is 7.24. The fourth-order valence-electron chi connectivity index (χ4n) is 4.63. The Bertz CT molecular complexity index is 1790. The summed E-state index contributed by atoms with van der Waals surface area (Å²) in [6, 6.07) is 16.2. The average Bonchev–Trinajstić information content (AvgIpc) is 3.33. The van der Waals surface area contributed by atoms with Crippen molar-refractivity contribution in [2.24, 2.45) is 7.05 Å². The molecule has 0 saturated carbocycles. The van der Waals surface area contributed by atoms with Crippen LogP contribution in [0, 0.1) is 24.4 Å². The van der Waals surface area contributed by atoms with Crippen LogP contribution in [0.25, 0.3) is 22.3 Å². The minimum Gasteiger partial charge on any atom is -0.478 e. The van der Waals surface area contributed by atoms with E-state index in [0.717, 1.165) is 44.1 Å². The maximum atomic E-state index is 15.1. The predicted octanol–water partition coefficient (Wildman–Crippen LogP) is 6.26. The third-order valence-corrected chi connectivity index (χ3v) is 7.03. The van der Waals surface area contributed by atoms with Crippen LogP contribution in [0.15, 0.2) is 66.7 Å². The van der Waals surface area contributed by atoms with Gasteiger partial charge in [0.05, 0.1) is 48.7 Å². The Labute approximate surface area is 251 Å². The van der Waals surface area contributed by atoms with E-state index in [2.05, 4.69) is 9.97 Å². The van der Waals surface area contributed by atoms with Crippen molar-refractivity contribution in [3.05, 3.63) is 112 Å². The minimum atomic E-state index is -1.07. The van der Waals surface area contributed by atoms with Crippen LogP contribution in [0.1, 0.15) is 32.9 Å². The van der Waals surface area contributed by atoms with E-state index >= 15 is 8.78 Å². The van der Waals surface area contributed by atoms with E-state index in [4.69, 9.17) is 14.2 Å². The fourth-order valence-corrected chi connectivity index (χ4v) is 4.63. The molecule has 1 N–H and O–H groups in total. The molecule has 1 fully saturated rings. The number of nitrogens with zero attached hydrogens (tertiary/aromatic N) is 3. The van der Waals surface area contributed by atoms with E-state index in [9.17, 15) is 14.3 Å². The number of aromatic carboxylic acids is 1. The monoisotopic (exact) mass is 605 g/mol.